The average Bonchev–Trinajstić information content (AvgIpc) is 2.73. The van der Waals surface area contributed by atoms with Gasteiger partial charge in [0.05, 0.1) is 10.0 Å². The smallest absolute Gasteiger partial charge is 0.341 e. The van der Waals surface area contributed by atoms with Crippen molar-refractivity contribution in [3.63, 3.8) is 0 Å². The molecule has 0 unspecified atom stereocenters. The normalized spacial score (nSPS) is 11.7. The van der Waals surface area contributed by atoms with Gasteiger partial charge in [-0.25, -0.2) is 9.18 Å². The van der Waals surface area contributed by atoms with Crippen molar-refractivity contribution in [2.24, 2.45) is 0 Å². The molecule has 0 atom stereocenters. The second-order valence-electron chi connectivity index (χ2n) is 4.61. The van der Waals surface area contributed by atoms with E-state index in [-0.39, 0.29) is 32.6 Å². The lowest BCUT2D eigenvalue weighted by molar-refractivity contribution is 0.0683. The Morgan fingerprint density at radius 3 is 2.35 bits per heavy atom. The minimum Gasteiger partial charge on any atom is -0.477 e. The molecule has 106 valence electrons. The molecular weight excluding hydrogens is 308 g/mol. The highest BCUT2D eigenvalue weighted by molar-refractivity contribution is 6.39. The first-order valence-corrected chi connectivity index (χ1v) is 6.35. The Hall–Kier alpha value is -1.59. The number of aromatic carboxylic acids is 1. The van der Waals surface area contributed by atoms with Gasteiger partial charge < -0.3 is 9.63 Å². The zero-order chi connectivity index (χ0) is 15.1. The lowest BCUT2D eigenvalue weighted by atomic mass is 9.99. The van der Waals surface area contributed by atoms with Crippen molar-refractivity contribution in [2.45, 2.75) is 19.5 Å². The summed E-state index contributed by atoms with van der Waals surface area (Å²) in [6.07, 6.45) is 0. The van der Waals surface area contributed by atoms with Crippen LogP contribution in [0.5, 0.6) is 0 Å². The van der Waals surface area contributed by atoms with Crippen LogP contribution in [0.4, 0.5) is 4.39 Å². The highest BCUT2D eigenvalue weighted by Crippen LogP contribution is 2.39. The number of hydrogen-bond acceptors (Lipinski definition) is 3. The number of carbonyl (C=O) groups is 1. The number of carboxylic acids is 1. The van der Waals surface area contributed by atoms with E-state index in [1.165, 1.54) is 26.0 Å². The zero-order valence-corrected chi connectivity index (χ0v) is 12.1. The van der Waals surface area contributed by atoms with Crippen LogP contribution >= 0.6 is 23.2 Å². The first kappa shape index (κ1) is 14.8. The molecule has 0 spiro atoms. The molecule has 0 aliphatic heterocycles. The van der Waals surface area contributed by atoms with Crippen LogP contribution in [0.25, 0.3) is 11.3 Å². The van der Waals surface area contributed by atoms with E-state index in [1.54, 1.807) is 6.07 Å². The molecule has 0 radical (unpaired) electrons. The average molecular weight is 318 g/mol. The van der Waals surface area contributed by atoms with Gasteiger partial charge in [0.1, 0.15) is 11.3 Å². The maximum absolute atomic E-state index is 14.0. The lowest BCUT2D eigenvalue weighted by Gasteiger charge is -2.10. The molecule has 1 heterocycles. The Balaban J connectivity index is 2.77. The van der Waals surface area contributed by atoms with Crippen molar-refractivity contribution in [1.29, 1.82) is 0 Å². The van der Waals surface area contributed by atoms with Crippen LogP contribution < -0.4 is 0 Å². The maximum Gasteiger partial charge on any atom is 0.341 e. The van der Waals surface area contributed by atoms with E-state index >= 15 is 0 Å². The number of benzene rings is 1. The third-order valence-corrected chi connectivity index (χ3v) is 3.28. The molecule has 2 aromatic rings. The fourth-order valence-electron chi connectivity index (χ4n) is 1.79. The van der Waals surface area contributed by atoms with E-state index in [0.29, 0.717) is 0 Å². The van der Waals surface area contributed by atoms with Crippen molar-refractivity contribution >= 4 is 29.2 Å². The van der Waals surface area contributed by atoms with Gasteiger partial charge in [0.25, 0.3) is 0 Å². The molecule has 0 saturated heterocycles. The molecule has 7 heteroatoms. The number of alkyl halides is 1. The molecule has 1 aromatic carbocycles. The quantitative estimate of drug-likeness (QED) is 0.901. The summed E-state index contributed by atoms with van der Waals surface area (Å²) in [6.45, 7) is 2.36. The van der Waals surface area contributed by atoms with E-state index in [2.05, 4.69) is 5.16 Å². The van der Waals surface area contributed by atoms with Gasteiger partial charge in [-0.2, -0.15) is 0 Å². The van der Waals surface area contributed by atoms with Crippen molar-refractivity contribution in [1.82, 2.24) is 5.16 Å². The van der Waals surface area contributed by atoms with Crippen LogP contribution in [0.3, 0.4) is 0 Å². The molecule has 0 fully saturated rings. The number of rotatable bonds is 3. The number of nitrogens with zero attached hydrogens (tertiary/aromatic N) is 1. The summed E-state index contributed by atoms with van der Waals surface area (Å²) < 4.78 is 18.9. The van der Waals surface area contributed by atoms with Gasteiger partial charge in [0.15, 0.2) is 11.4 Å². The lowest BCUT2D eigenvalue weighted by Crippen LogP contribution is -2.13. The molecule has 0 aliphatic carbocycles. The molecule has 0 bridgehead atoms. The third-order valence-electron chi connectivity index (χ3n) is 2.65. The van der Waals surface area contributed by atoms with Gasteiger partial charge in [-0.3, -0.25) is 0 Å². The summed E-state index contributed by atoms with van der Waals surface area (Å²) in [5, 5.41) is 13.3. The summed E-state index contributed by atoms with van der Waals surface area (Å²) in [6, 6.07) is 4.67. The van der Waals surface area contributed by atoms with Crippen molar-refractivity contribution in [3.05, 3.63) is 39.6 Å². The van der Waals surface area contributed by atoms with E-state index in [9.17, 15) is 14.3 Å². The number of hydrogen-bond donors (Lipinski definition) is 1. The van der Waals surface area contributed by atoms with E-state index in [1.807, 2.05) is 0 Å². The zero-order valence-electron chi connectivity index (χ0n) is 10.6. The highest BCUT2D eigenvalue weighted by atomic mass is 35.5. The van der Waals surface area contributed by atoms with Gasteiger partial charge in [-0.1, -0.05) is 34.4 Å². The SMILES string of the molecule is CC(C)(F)c1onc(-c2c(Cl)cccc2Cl)c1C(=O)O. The van der Waals surface area contributed by atoms with Gasteiger partial charge in [-0.15, -0.1) is 0 Å². The van der Waals surface area contributed by atoms with Gasteiger partial charge in [0, 0.05) is 5.56 Å². The van der Waals surface area contributed by atoms with E-state index < -0.39 is 11.6 Å². The summed E-state index contributed by atoms with van der Waals surface area (Å²) >= 11 is 12.0. The molecule has 4 nitrogen and oxygen atoms in total. The fourth-order valence-corrected chi connectivity index (χ4v) is 2.37. The van der Waals surface area contributed by atoms with Gasteiger partial charge >= 0.3 is 5.97 Å². The first-order chi connectivity index (χ1) is 9.23. The van der Waals surface area contributed by atoms with Crippen LogP contribution in [-0.2, 0) is 5.67 Å². The topological polar surface area (TPSA) is 63.3 Å². The molecule has 1 N–H and O–H groups in total. The van der Waals surface area contributed by atoms with Crippen LogP contribution in [0.2, 0.25) is 10.0 Å². The third kappa shape index (κ3) is 2.51. The van der Waals surface area contributed by atoms with Crippen LogP contribution in [-0.4, -0.2) is 16.2 Å². The Labute approximate surface area is 124 Å². The Bertz CT molecular complexity index is 656. The minimum atomic E-state index is -1.99. The van der Waals surface area contributed by atoms with Crippen molar-refractivity contribution < 1.29 is 18.8 Å². The molecule has 0 saturated carbocycles. The number of carboxylic acid groups (broad SMARTS) is 1. The molecule has 0 aliphatic rings. The first-order valence-electron chi connectivity index (χ1n) is 5.60. The Kier molecular flexibility index (Phi) is 3.75. The summed E-state index contributed by atoms with van der Waals surface area (Å²) in [5.41, 5.74) is -2.26. The van der Waals surface area contributed by atoms with Gasteiger partial charge in [0.2, 0.25) is 0 Å². The van der Waals surface area contributed by atoms with E-state index in [0.717, 1.165) is 0 Å². The summed E-state index contributed by atoms with van der Waals surface area (Å²) in [7, 11) is 0. The molecule has 1 aromatic heterocycles. The second-order valence-corrected chi connectivity index (χ2v) is 5.42. The van der Waals surface area contributed by atoms with E-state index in [4.69, 9.17) is 27.7 Å². The number of aromatic nitrogens is 1. The summed E-state index contributed by atoms with van der Waals surface area (Å²) in [4.78, 5) is 11.4. The molecule has 20 heavy (non-hydrogen) atoms. The predicted octanol–water partition coefficient (Wildman–Crippen LogP) is 4.55. The largest absolute Gasteiger partial charge is 0.477 e. The van der Waals surface area contributed by atoms with Crippen LogP contribution in [0, 0.1) is 0 Å². The molecular formula is C13H10Cl2FNO3. The second kappa shape index (κ2) is 5.07. The maximum atomic E-state index is 14.0. The predicted molar refractivity (Wildman–Crippen MR) is 73.1 cm³/mol. The monoisotopic (exact) mass is 317 g/mol. The van der Waals surface area contributed by atoms with Gasteiger partial charge in [-0.05, 0) is 26.0 Å². The molecule has 2 rings (SSSR count). The minimum absolute atomic E-state index is 0.0891. The standard InChI is InChI=1S/C13H10Cl2FNO3/c1-13(2,16)11-9(12(18)19)10(17-20-11)8-6(14)4-3-5-7(8)15/h3-5H,1-2H3,(H,18,19). The van der Waals surface area contributed by atoms with Crippen molar-refractivity contribution in [2.75, 3.05) is 0 Å². The Morgan fingerprint density at radius 2 is 1.90 bits per heavy atom. The van der Waals surface area contributed by atoms with Crippen molar-refractivity contribution in [3.8, 4) is 11.3 Å². The Morgan fingerprint density at radius 1 is 1.35 bits per heavy atom. The highest BCUT2D eigenvalue weighted by Gasteiger charge is 2.35. The summed E-state index contributed by atoms with van der Waals surface area (Å²) in [5.74, 6) is -1.74. The fraction of sp³-hybridized carbons (Fsp3) is 0.231. The van der Waals surface area contributed by atoms with Crippen LogP contribution in [0.1, 0.15) is 30.0 Å². The number of halogens is 3. The molecule has 0 amide bonds. The van der Waals surface area contributed by atoms with Crippen LogP contribution in [0.15, 0.2) is 22.7 Å².